The van der Waals surface area contributed by atoms with Crippen LogP contribution in [0.25, 0.3) is 22.5 Å². The van der Waals surface area contributed by atoms with Crippen LogP contribution in [0.2, 0.25) is 0 Å². The molecule has 1 amide bonds. The van der Waals surface area contributed by atoms with Gasteiger partial charge in [0.05, 0.1) is 23.7 Å². The molecule has 0 bridgehead atoms. The lowest BCUT2D eigenvalue weighted by Gasteiger charge is -2.32. The number of pyridine rings is 1. The molecule has 11 nitrogen and oxygen atoms in total. The highest BCUT2D eigenvalue weighted by Crippen LogP contribution is 2.33. The molecule has 0 saturated heterocycles. The number of amides is 1. The number of fused-ring (bicyclic) bond motifs is 2. The van der Waals surface area contributed by atoms with Crippen LogP contribution >= 0.6 is 0 Å². The number of rotatable bonds is 4. The summed E-state index contributed by atoms with van der Waals surface area (Å²) in [6.07, 6.45) is -0.236. The third kappa shape index (κ3) is 4.32. The van der Waals surface area contributed by atoms with Crippen molar-refractivity contribution in [3.63, 3.8) is 0 Å². The molecule has 37 heavy (non-hydrogen) atoms. The van der Waals surface area contributed by atoms with E-state index in [9.17, 15) is 18.0 Å². The summed E-state index contributed by atoms with van der Waals surface area (Å²) >= 11 is 0. The number of nitrogens with one attached hydrogen (secondary N) is 1. The highest BCUT2D eigenvalue weighted by atomic mass is 19.4. The number of hydrogen-bond acceptors (Lipinski definition) is 9. The van der Waals surface area contributed by atoms with E-state index in [0.717, 1.165) is 23.3 Å². The molecule has 1 aliphatic heterocycles. The predicted octanol–water partition coefficient (Wildman–Crippen LogP) is 3.48. The monoisotopic (exact) mass is 508 g/mol. The molecule has 1 aromatic carbocycles. The Labute approximate surface area is 205 Å². The Bertz CT molecular complexity index is 1600. The first kappa shape index (κ1) is 22.6. The van der Waals surface area contributed by atoms with E-state index in [1.807, 2.05) is 24.3 Å². The van der Waals surface area contributed by atoms with Gasteiger partial charge in [0.1, 0.15) is 17.5 Å². The van der Waals surface area contributed by atoms with Crippen LogP contribution in [0.3, 0.4) is 0 Å². The van der Waals surface area contributed by atoms with Gasteiger partial charge < -0.3 is 19.0 Å². The molecule has 4 aromatic heterocycles. The lowest BCUT2D eigenvalue weighted by molar-refractivity contribution is -0.274. The van der Waals surface area contributed by atoms with Crippen LogP contribution in [0, 0.1) is 0 Å². The number of halogens is 3. The molecule has 0 unspecified atom stereocenters. The van der Waals surface area contributed by atoms with E-state index in [1.165, 1.54) is 11.0 Å². The maximum atomic E-state index is 13.5. The van der Waals surface area contributed by atoms with Crippen molar-refractivity contribution in [2.75, 3.05) is 6.54 Å². The number of para-hydroxylation sites is 1. The van der Waals surface area contributed by atoms with Gasteiger partial charge in [-0.3, -0.25) is 4.79 Å². The lowest BCUT2D eigenvalue weighted by atomic mass is 10.0. The van der Waals surface area contributed by atoms with Crippen molar-refractivity contribution in [1.82, 2.24) is 40.0 Å². The Morgan fingerprint density at radius 3 is 2.76 bits per heavy atom. The number of imidazole rings is 1. The number of aromatic amines is 1. The molecule has 1 atom stereocenters. The van der Waals surface area contributed by atoms with Gasteiger partial charge >= 0.3 is 18.2 Å². The van der Waals surface area contributed by atoms with Crippen molar-refractivity contribution in [3.05, 3.63) is 78.2 Å². The fourth-order valence-electron chi connectivity index (χ4n) is 4.11. The number of aromatic nitrogens is 7. The molecular weight excluding hydrogens is 493 g/mol. The van der Waals surface area contributed by atoms with Crippen molar-refractivity contribution < 1.29 is 27.1 Å². The first-order chi connectivity index (χ1) is 17.9. The normalized spacial score (nSPS) is 15.5. The summed E-state index contributed by atoms with van der Waals surface area (Å²) in [6, 6.07) is 9.04. The molecule has 1 N–H and O–H groups in total. The van der Waals surface area contributed by atoms with Crippen LogP contribution in [-0.2, 0) is 6.42 Å². The fraction of sp³-hybridized carbons (Fsp3) is 0.174. The number of hydrogen-bond donors (Lipinski definition) is 1. The summed E-state index contributed by atoms with van der Waals surface area (Å²) in [6.45, 7) is 0.300. The lowest BCUT2D eigenvalue weighted by Crippen LogP contribution is -2.41. The number of nitrogens with zero attached hydrogens (tertiary/aromatic N) is 7. The molecule has 6 rings (SSSR count). The Morgan fingerprint density at radius 1 is 1.08 bits per heavy atom. The molecule has 1 aliphatic rings. The Balaban J connectivity index is 1.31. The molecule has 186 valence electrons. The van der Waals surface area contributed by atoms with Gasteiger partial charge in [0, 0.05) is 30.2 Å². The summed E-state index contributed by atoms with van der Waals surface area (Å²) in [5.41, 5.74) is 2.26. The molecule has 5 aromatic rings. The Hall–Kier alpha value is -4.88. The van der Waals surface area contributed by atoms with Gasteiger partial charge in [-0.05, 0) is 18.2 Å². The number of ether oxygens (including phenoxy) is 1. The summed E-state index contributed by atoms with van der Waals surface area (Å²) in [5.74, 6) is -1.17. The number of benzene rings is 1. The number of carbonyl (C=O) groups is 1. The zero-order valence-corrected chi connectivity index (χ0v) is 18.7. The molecule has 0 spiro atoms. The minimum absolute atomic E-state index is 0.0729. The highest BCUT2D eigenvalue weighted by molar-refractivity contribution is 5.90. The standard InChI is InChI=1S/C23H15F3N8O3/c24-23(25,26)37-13-5-6-16(27-10-13)20-32-33-21(36-20)22(35)34-8-7-15-17(30-11-29-15)18(34)19-28-9-12-3-1-2-4-14(12)31-19/h1-6,9-11,18H,7-8H2,(H,29,30)/t18-/m1/s1. The summed E-state index contributed by atoms with van der Waals surface area (Å²) in [4.78, 5) is 35.5. The topological polar surface area (TPSA) is 136 Å². The molecule has 0 aliphatic carbocycles. The second-order valence-corrected chi connectivity index (χ2v) is 8.04. The van der Waals surface area contributed by atoms with Crippen LogP contribution in [0.5, 0.6) is 5.75 Å². The van der Waals surface area contributed by atoms with Crippen LogP contribution < -0.4 is 4.74 Å². The maximum Gasteiger partial charge on any atom is 0.573 e. The van der Waals surface area contributed by atoms with Gasteiger partial charge in [-0.2, -0.15) is 0 Å². The van der Waals surface area contributed by atoms with Gasteiger partial charge in [0.2, 0.25) is 0 Å². The van der Waals surface area contributed by atoms with E-state index in [2.05, 4.69) is 39.9 Å². The van der Waals surface area contributed by atoms with E-state index < -0.39 is 24.1 Å². The van der Waals surface area contributed by atoms with Crippen LogP contribution in [0.15, 0.2) is 59.5 Å². The summed E-state index contributed by atoms with van der Waals surface area (Å²) < 4.78 is 46.5. The molecule has 0 saturated carbocycles. The van der Waals surface area contributed by atoms with Gasteiger partial charge in [0.15, 0.2) is 5.82 Å². The van der Waals surface area contributed by atoms with Crippen molar-refractivity contribution in [3.8, 4) is 17.3 Å². The van der Waals surface area contributed by atoms with Crippen molar-refractivity contribution in [2.45, 2.75) is 18.8 Å². The third-order valence-corrected chi connectivity index (χ3v) is 5.74. The SMILES string of the molecule is O=C(c1nnc(-c2ccc(OC(F)(F)F)cn2)o1)N1CCc2[nH]cnc2[C@@H]1c1ncc2ccccc2n1. The smallest absolute Gasteiger partial charge is 0.411 e. The summed E-state index contributed by atoms with van der Waals surface area (Å²) in [5, 5.41) is 8.53. The number of H-pyrrole nitrogens is 1. The minimum atomic E-state index is -4.85. The molecule has 0 fully saturated rings. The van der Waals surface area contributed by atoms with Gasteiger partial charge in [0.25, 0.3) is 5.89 Å². The van der Waals surface area contributed by atoms with Crippen LogP contribution in [0.1, 0.15) is 33.9 Å². The first-order valence-electron chi connectivity index (χ1n) is 11.0. The minimum Gasteiger partial charge on any atom is -0.411 e. The largest absolute Gasteiger partial charge is 0.573 e. The van der Waals surface area contributed by atoms with Gasteiger partial charge in [-0.15, -0.1) is 23.4 Å². The Morgan fingerprint density at radius 2 is 1.95 bits per heavy atom. The van der Waals surface area contributed by atoms with E-state index >= 15 is 0 Å². The van der Waals surface area contributed by atoms with Crippen molar-refractivity contribution in [2.24, 2.45) is 0 Å². The highest BCUT2D eigenvalue weighted by Gasteiger charge is 2.38. The second-order valence-electron chi connectivity index (χ2n) is 8.04. The average Bonchev–Trinajstić information content (AvgIpc) is 3.57. The Kier molecular flexibility index (Phi) is 5.28. The van der Waals surface area contributed by atoms with Crippen LogP contribution in [-0.4, -0.2) is 58.8 Å². The zero-order valence-electron chi connectivity index (χ0n) is 18.7. The van der Waals surface area contributed by atoms with E-state index in [1.54, 1.807) is 12.5 Å². The zero-order chi connectivity index (χ0) is 25.6. The van der Waals surface area contributed by atoms with Crippen LogP contribution in [0.4, 0.5) is 13.2 Å². The quantitative estimate of drug-likeness (QED) is 0.387. The fourth-order valence-corrected chi connectivity index (χ4v) is 4.11. The van der Waals surface area contributed by atoms with E-state index in [4.69, 9.17) is 4.42 Å². The molecule has 0 radical (unpaired) electrons. The third-order valence-electron chi connectivity index (χ3n) is 5.74. The number of alkyl halides is 3. The molecule has 5 heterocycles. The number of carbonyl (C=O) groups excluding carboxylic acids is 1. The molecular formula is C23H15F3N8O3. The van der Waals surface area contributed by atoms with Crippen molar-refractivity contribution in [1.29, 1.82) is 0 Å². The summed E-state index contributed by atoms with van der Waals surface area (Å²) in [7, 11) is 0. The first-order valence-corrected chi connectivity index (χ1v) is 11.0. The van der Waals surface area contributed by atoms with Gasteiger partial charge in [-0.1, -0.05) is 18.2 Å². The average molecular weight is 508 g/mol. The maximum absolute atomic E-state index is 13.5. The van der Waals surface area contributed by atoms with E-state index in [-0.39, 0.29) is 17.5 Å². The molecule has 14 heteroatoms. The van der Waals surface area contributed by atoms with E-state index in [0.29, 0.717) is 30.0 Å². The van der Waals surface area contributed by atoms with Crippen molar-refractivity contribution >= 4 is 16.8 Å². The van der Waals surface area contributed by atoms with Gasteiger partial charge in [-0.25, -0.2) is 19.9 Å². The second kappa shape index (κ2) is 8.65. The predicted molar refractivity (Wildman–Crippen MR) is 119 cm³/mol.